The van der Waals surface area contributed by atoms with Gasteiger partial charge in [0.1, 0.15) is 5.52 Å². The number of pyridine rings is 1. The molecule has 0 aliphatic carbocycles. The van der Waals surface area contributed by atoms with Crippen molar-refractivity contribution in [2.45, 2.75) is 0 Å². The third-order valence-corrected chi connectivity index (χ3v) is 3.22. The molecule has 0 aliphatic rings. The summed E-state index contributed by atoms with van der Waals surface area (Å²) in [5.74, 6) is -0.586. The van der Waals surface area contributed by atoms with Crippen LogP contribution in [0, 0.1) is 0 Å². The van der Waals surface area contributed by atoms with E-state index in [0.717, 1.165) is 15.7 Å². The van der Waals surface area contributed by atoms with E-state index in [4.69, 9.17) is 5.73 Å². The first-order valence-electron chi connectivity index (χ1n) is 5.56. The number of benzene rings is 1. The molecular formula is C13H9BrN4O. The summed E-state index contributed by atoms with van der Waals surface area (Å²) in [4.78, 5) is 15.6. The summed E-state index contributed by atoms with van der Waals surface area (Å²) in [5, 5.41) is 4.26. The molecule has 1 aromatic carbocycles. The average molecular weight is 317 g/mol. The van der Waals surface area contributed by atoms with E-state index in [1.807, 2.05) is 30.3 Å². The zero-order valence-corrected chi connectivity index (χ0v) is 11.3. The Kier molecular flexibility index (Phi) is 2.79. The second-order valence-electron chi connectivity index (χ2n) is 3.98. The maximum atomic E-state index is 11.4. The first-order valence-corrected chi connectivity index (χ1v) is 6.35. The lowest BCUT2D eigenvalue weighted by Gasteiger charge is -2.03. The monoisotopic (exact) mass is 316 g/mol. The summed E-state index contributed by atoms with van der Waals surface area (Å²) >= 11 is 3.41. The van der Waals surface area contributed by atoms with Gasteiger partial charge >= 0.3 is 0 Å². The van der Waals surface area contributed by atoms with Crippen LogP contribution in [0.1, 0.15) is 10.5 Å². The normalized spacial score (nSPS) is 10.8. The highest BCUT2D eigenvalue weighted by Gasteiger charge is 2.16. The van der Waals surface area contributed by atoms with Crippen LogP contribution in [0.5, 0.6) is 0 Å². The highest BCUT2D eigenvalue weighted by Crippen LogP contribution is 2.22. The molecule has 0 fully saturated rings. The molecule has 0 atom stereocenters. The number of fused-ring (bicyclic) bond motifs is 1. The summed E-state index contributed by atoms with van der Waals surface area (Å²) in [5.41, 5.74) is 7.60. The molecule has 0 unspecified atom stereocenters. The van der Waals surface area contributed by atoms with E-state index < -0.39 is 5.91 Å². The summed E-state index contributed by atoms with van der Waals surface area (Å²) in [6.07, 6.45) is 1.61. The molecule has 1 amide bonds. The third kappa shape index (κ3) is 2.00. The fourth-order valence-corrected chi connectivity index (χ4v) is 2.31. The predicted octanol–water partition coefficient (Wildman–Crippen LogP) is 2.28. The Labute approximate surface area is 117 Å². The number of carbonyl (C=O) groups excluding carboxylic acids is 1. The molecule has 2 N–H and O–H groups in total. The van der Waals surface area contributed by atoms with Gasteiger partial charge in [-0.3, -0.25) is 9.78 Å². The first-order chi connectivity index (χ1) is 9.16. The van der Waals surface area contributed by atoms with Crippen molar-refractivity contribution in [3.63, 3.8) is 0 Å². The average Bonchev–Trinajstić information content (AvgIpc) is 2.78. The second-order valence-corrected chi connectivity index (χ2v) is 4.89. The highest BCUT2D eigenvalue weighted by molar-refractivity contribution is 9.10. The molecule has 0 spiro atoms. The topological polar surface area (TPSA) is 73.8 Å². The fraction of sp³-hybridized carbons (Fsp3) is 0. The maximum absolute atomic E-state index is 11.4. The molecule has 0 radical (unpaired) electrons. The lowest BCUT2D eigenvalue weighted by molar-refractivity contribution is 0.0996. The Morgan fingerprint density at radius 2 is 2.11 bits per heavy atom. The van der Waals surface area contributed by atoms with E-state index in [-0.39, 0.29) is 5.69 Å². The standard InChI is InChI=1S/C13H9BrN4O/c14-8-3-1-4-9(7-8)18-10-5-2-6-16-11(10)12(17-18)13(15)19/h1-7H,(H2,15,19). The van der Waals surface area contributed by atoms with Gasteiger partial charge in [-0.1, -0.05) is 22.0 Å². The van der Waals surface area contributed by atoms with Crippen LogP contribution >= 0.6 is 15.9 Å². The van der Waals surface area contributed by atoms with E-state index in [2.05, 4.69) is 26.0 Å². The molecule has 0 saturated heterocycles. The number of nitrogens with two attached hydrogens (primary N) is 1. The van der Waals surface area contributed by atoms with Crippen LogP contribution in [-0.2, 0) is 0 Å². The largest absolute Gasteiger partial charge is 0.364 e. The summed E-state index contributed by atoms with van der Waals surface area (Å²) in [7, 11) is 0. The molecule has 6 heteroatoms. The highest BCUT2D eigenvalue weighted by atomic mass is 79.9. The van der Waals surface area contributed by atoms with Crippen LogP contribution in [0.3, 0.4) is 0 Å². The number of nitrogens with zero attached hydrogens (tertiary/aromatic N) is 3. The van der Waals surface area contributed by atoms with Crippen molar-refractivity contribution in [1.29, 1.82) is 0 Å². The number of carbonyl (C=O) groups is 1. The van der Waals surface area contributed by atoms with Crippen LogP contribution in [0.4, 0.5) is 0 Å². The number of hydrogen-bond donors (Lipinski definition) is 1. The van der Waals surface area contributed by atoms with Gasteiger partial charge < -0.3 is 5.73 Å². The number of amides is 1. The van der Waals surface area contributed by atoms with Gasteiger partial charge in [0.2, 0.25) is 0 Å². The predicted molar refractivity (Wildman–Crippen MR) is 75.1 cm³/mol. The van der Waals surface area contributed by atoms with Crippen molar-refractivity contribution < 1.29 is 4.79 Å². The Morgan fingerprint density at radius 1 is 1.26 bits per heavy atom. The Hall–Kier alpha value is -2.21. The number of rotatable bonds is 2. The van der Waals surface area contributed by atoms with E-state index in [1.54, 1.807) is 16.9 Å². The molecule has 2 heterocycles. The van der Waals surface area contributed by atoms with Crippen LogP contribution in [0.25, 0.3) is 16.7 Å². The quantitative estimate of drug-likeness (QED) is 0.788. The number of halogens is 1. The minimum Gasteiger partial charge on any atom is -0.364 e. The van der Waals surface area contributed by atoms with E-state index in [1.165, 1.54) is 0 Å². The fourth-order valence-electron chi connectivity index (χ4n) is 1.92. The third-order valence-electron chi connectivity index (χ3n) is 2.73. The Morgan fingerprint density at radius 3 is 2.84 bits per heavy atom. The summed E-state index contributed by atoms with van der Waals surface area (Å²) in [6, 6.07) is 11.3. The van der Waals surface area contributed by atoms with Crippen molar-refractivity contribution in [2.75, 3.05) is 0 Å². The van der Waals surface area contributed by atoms with Crippen LogP contribution < -0.4 is 5.73 Å². The SMILES string of the molecule is NC(=O)c1nn(-c2cccc(Br)c2)c2cccnc12. The van der Waals surface area contributed by atoms with Gasteiger partial charge in [0.05, 0.1) is 11.2 Å². The lowest BCUT2D eigenvalue weighted by atomic mass is 10.3. The van der Waals surface area contributed by atoms with Crippen LogP contribution in [-0.4, -0.2) is 20.7 Å². The van der Waals surface area contributed by atoms with Gasteiger partial charge in [-0.2, -0.15) is 5.10 Å². The molecule has 3 aromatic rings. The number of primary amides is 1. The van der Waals surface area contributed by atoms with Crippen molar-refractivity contribution in [3.05, 3.63) is 52.8 Å². The van der Waals surface area contributed by atoms with E-state index >= 15 is 0 Å². The zero-order valence-electron chi connectivity index (χ0n) is 9.75. The molecule has 19 heavy (non-hydrogen) atoms. The maximum Gasteiger partial charge on any atom is 0.271 e. The summed E-state index contributed by atoms with van der Waals surface area (Å²) in [6.45, 7) is 0. The van der Waals surface area contributed by atoms with Crippen molar-refractivity contribution in [2.24, 2.45) is 5.73 Å². The van der Waals surface area contributed by atoms with Crippen LogP contribution in [0.2, 0.25) is 0 Å². The summed E-state index contributed by atoms with van der Waals surface area (Å²) < 4.78 is 2.59. The Balaban J connectivity index is 2.33. The van der Waals surface area contributed by atoms with Gasteiger partial charge in [-0.05, 0) is 30.3 Å². The molecule has 3 rings (SSSR count). The first kappa shape index (κ1) is 11.9. The van der Waals surface area contributed by atoms with Gasteiger partial charge in [-0.15, -0.1) is 0 Å². The van der Waals surface area contributed by atoms with Crippen LogP contribution in [0.15, 0.2) is 47.1 Å². The van der Waals surface area contributed by atoms with Gasteiger partial charge in [0, 0.05) is 10.7 Å². The van der Waals surface area contributed by atoms with Crippen molar-refractivity contribution in [3.8, 4) is 5.69 Å². The molecule has 0 aliphatic heterocycles. The van der Waals surface area contributed by atoms with Gasteiger partial charge in [0.15, 0.2) is 5.69 Å². The minimum absolute atomic E-state index is 0.176. The molecule has 94 valence electrons. The lowest BCUT2D eigenvalue weighted by Crippen LogP contribution is -2.12. The zero-order chi connectivity index (χ0) is 13.4. The molecule has 0 saturated carbocycles. The minimum atomic E-state index is -0.586. The van der Waals surface area contributed by atoms with Gasteiger partial charge in [0.25, 0.3) is 5.91 Å². The molecule has 0 bridgehead atoms. The van der Waals surface area contributed by atoms with Crippen molar-refractivity contribution in [1.82, 2.24) is 14.8 Å². The van der Waals surface area contributed by atoms with E-state index in [0.29, 0.717) is 5.52 Å². The van der Waals surface area contributed by atoms with Gasteiger partial charge in [-0.25, -0.2) is 4.68 Å². The number of aromatic nitrogens is 3. The van der Waals surface area contributed by atoms with Crippen molar-refractivity contribution >= 4 is 32.9 Å². The molecular weight excluding hydrogens is 308 g/mol. The smallest absolute Gasteiger partial charge is 0.271 e. The molecule has 5 nitrogen and oxygen atoms in total. The molecule has 2 aromatic heterocycles. The second kappa shape index (κ2) is 4.47. The Bertz CT molecular complexity index is 781. The van der Waals surface area contributed by atoms with E-state index in [9.17, 15) is 4.79 Å². The number of hydrogen-bond acceptors (Lipinski definition) is 3.